The van der Waals surface area contributed by atoms with Gasteiger partial charge in [0.05, 0.1) is 4.92 Å². The average molecular weight is 350 g/mol. The molecular weight excluding hydrogens is 336 g/mol. The summed E-state index contributed by atoms with van der Waals surface area (Å²) in [7, 11) is 0. The molecule has 0 radical (unpaired) electrons. The van der Waals surface area contributed by atoms with Crippen molar-refractivity contribution < 1.29 is 9.72 Å². The van der Waals surface area contributed by atoms with Crippen LogP contribution in [-0.2, 0) is 0 Å². The average Bonchev–Trinajstić information content (AvgIpc) is 2.63. The van der Waals surface area contributed by atoms with Gasteiger partial charge in [-0.05, 0) is 30.3 Å². The highest BCUT2D eigenvalue weighted by Gasteiger charge is 2.24. The maximum Gasteiger partial charge on any atom is 0.283 e. The number of anilines is 1. The number of nitro benzene ring substituents is 1. The summed E-state index contributed by atoms with van der Waals surface area (Å²) in [6.07, 6.45) is 0. The third-order valence-corrected chi connectivity index (χ3v) is 4.50. The molecule has 5 nitrogen and oxygen atoms in total. The number of nitrogens with one attached hydrogen (secondary N) is 1. The normalized spacial score (nSPS) is 10.2. The Morgan fingerprint density at radius 3 is 2.16 bits per heavy atom. The van der Waals surface area contributed by atoms with Crippen molar-refractivity contribution in [2.45, 2.75) is 9.79 Å². The minimum atomic E-state index is -0.533. The molecule has 6 heteroatoms. The number of nitrogens with zero attached hydrogens (tertiary/aromatic N) is 1. The van der Waals surface area contributed by atoms with Gasteiger partial charge >= 0.3 is 0 Å². The minimum absolute atomic E-state index is 0.0604. The molecule has 0 atom stereocenters. The largest absolute Gasteiger partial charge is 0.322 e. The van der Waals surface area contributed by atoms with E-state index < -0.39 is 10.8 Å². The van der Waals surface area contributed by atoms with Crippen LogP contribution in [0.15, 0.2) is 88.7 Å². The fraction of sp³-hybridized carbons (Fsp3) is 0. The van der Waals surface area contributed by atoms with Crippen molar-refractivity contribution in [3.8, 4) is 0 Å². The van der Waals surface area contributed by atoms with Gasteiger partial charge in [-0.15, -0.1) is 0 Å². The van der Waals surface area contributed by atoms with Crippen LogP contribution in [0.2, 0.25) is 0 Å². The van der Waals surface area contributed by atoms with Gasteiger partial charge in [-0.3, -0.25) is 14.9 Å². The van der Waals surface area contributed by atoms with Gasteiger partial charge in [0.15, 0.2) is 0 Å². The predicted octanol–water partition coefficient (Wildman–Crippen LogP) is 5.00. The van der Waals surface area contributed by atoms with Crippen molar-refractivity contribution in [2.24, 2.45) is 0 Å². The third kappa shape index (κ3) is 4.05. The second-order valence-corrected chi connectivity index (χ2v) is 6.26. The van der Waals surface area contributed by atoms with E-state index in [0.717, 1.165) is 4.90 Å². The summed E-state index contributed by atoms with van der Waals surface area (Å²) in [5.41, 5.74) is 0.431. The molecule has 0 aliphatic rings. The number of para-hydroxylation sites is 1. The molecule has 3 rings (SSSR count). The third-order valence-electron chi connectivity index (χ3n) is 3.43. The molecule has 3 aromatic carbocycles. The molecule has 0 heterocycles. The Morgan fingerprint density at radius 1 is 0.880 bits per heavy atom. The lowest BCUT2D eigenvalue weighted by atomic mass is 10.1. The lowest BCUT2D eigenvalue weighted by molar-refractivity contribution is -0.385. The summed E-state index contributed by atoms with van der Waals surface area (Å²) < 4.78 is 0. The van der Waals surface area contributed by atoms with Gasteiger partial charge in [-0.1, -0.05) is 54.2 Å². The van der Waals surface area contributed by atoms with E-state index >= 15 is 0 Å². The number of nitro groups is 1. The molecule has 0 fully saturated rings. The minimum Gasteiger partial charge on any atom is -0.322 e. The molecule has 0 aliphatic heterocycles. The lowest BCUT2D eigenvalue weighted by Crippen LogP contribution is -2.15. The Hall–Kier alpha value is -3.12. The van der Waals surface area contributed by atoms with Gasteiger partial charge in [0.1, 0.15) is 5.56 Å². The van der Waals surface area contributed by atoms with Gasteiger partial charge in [0.25, 0.3) is 11.6 Å². The number of hydrogen-bond acceptors (Lipinski definition) is 4. The molecule has 124 valence electrons. The van der Waals surface area contributed by atoms with Crippen LogP contribution in [0, 0.1) is 10.1 Å². The van der Waals surface area contributed by atoms with Crippen molar-refractivity contribution in [1.29, 1.82) is 0 Å². The second kappa shape index (κ2) is 7.63. The molecule has 0 bridgehead atoms. The van der Waals surface area contributed by atoms with Crippen molar-refractivity contribution in [3.05, 3.63) is 94.5 Å². The smallest absolute Gasteiger partial charge is 0.283 e. The van der Waals surface area contributed by atoms with Crippen LogP contribution in [0.5, 0.6) is 0 Å². The monoisotopic (exact) mass is 350 g/mol. The summed E-state index contributed by atoms with van der Waals surface area (Å²) in [6, 6.07) is 22.9. The number of benzene rings is 3. The standard InChI is InChI=1S/C19H14N2O3S/c22-19(20-14-8-3-1-4-9-14)18-16(21(23)24)12-7-13-17(18)25-15-10-5-2-6-11-15/h1-13H,(H,20,22). The molecule has 0 unspecified atom stereocenters. The zero-order valence-electron chi connectivity index (χ0n) is 13.1. The number of carbonyl (C=O) groups is 1. The second-order valence-electron chi connectivity index (χ2n) is 5.14. The highest BCUT2D eigenvalue weighted by molar-refractivity contribution is 7.99. The fourth-order valence-electron chi connectivity index (χ4n) is 2.32. The highest BCUT2D eigenvalue weighted by atomic mass is 32.2. The van der Waals surface area contributed by atoms with Crippen LogP contribution in [0.25, 0.3) is 0 Å². The quantitative estimate of drug-likeness (QED) is 0.519. The molecular formula is C19H14N2O3S. The Bertz CT molecular complexity index is 899. The van der Waals surface area contributed by atoms with E-state index in [0.29, 0.717) is 10.6 Å². The first kappa shape index (κ1) is 16.7. The van der Waals surface area contributed by atoms with E-state index in [1.165, 1.54) is 17.8 Å². The van der Waals surface area contributed by atoms with E-state index in [-0.39, 0.29) is 11.3 Å². The van der Waals surface area contributed by atoms with Crippen LogP contribution >= 0.6 is 11.8 Å². The molecule has 3 aromatic rings. The summed E-state index contributed by atoms with van der Waals surface area (Å²) in [6.45, 7) is 0. The topological polar surface area (TPSA) is 72.2 Å². The summed E-state index contributed by atoms with van der Waals surface area (Å²) in [5.74, 6) is -0.503. The summed E-state index contributed by atoms with van der Waals surface area (Å²) >= 11 is 1.32. The Balaban J connectivity index is 2.00. The van der Waals surface area contributed by atoms with Crippen molar-refractivity contribution in [1.82, 2.24) is 0 Å². The van der Waals surface area contributed by atoms with E-state index in [4.69, 9.17) is 0 Å². The lowest BCUT2D eigenvalue weighted by Gasteiger charge is -2.10. The van der Waals surface area contributed by atoms with E-state index in [9.17, 15) is 14.9 Å². The molecule has 0 spiro atoms. The Morgan fingerprint density at radius 2 is 1.52 bits per heavy atom. The zero-order chi connectivity index (χ0) is 17.6. The molecule has 25 heavy (non-hydrogen) atoms. The molecule has 0 saturated heterocycles. The summed E-state index contributed by atoms with van der Waals surface area (Å²) in [5, 5.41) is 14.1. The van der Waals surface area contributed by atoms with Gasteiger partial charge in [0, 0.05) is 21.5 Å². The molecule has 0 aliphatic carbocycles. The summed E-state index contributed by atoms with van der Waals surface area (Å²) in [4.78, 5) is 25.0. The van der Waals surface area contributed by atoms with E-state index in [2.05, 4.69) is 5.32 Å². The Kier molecular flexibility index (Phi) is 5.11. The first-order valence-corrected chi connectivity index (χ1v) is 8.33. The maximum atomic E-state index is 12.7. The van der Waals surface area contributed by atoms with E-state index in [1.807, 2.05) is 36.4 Å². The number of amides is 1. The zero-order valence-corrected chi connectivity index (χ0v) is 13.9. The maximum absolute atomic E-state index is 12.7. The van der Waals surface area contributed by atoms with Crippen LogP contribution in [0.1, 0.15) is 10.4 Å². The van der Waals surface area contributed by atoms with Crippen LogP contribution in [0.4, 0.5) is 11.4 Å². The number of rotatable bonds is 5. The predicted molar refractivity (Wildman–Crippen MR) is 98.1 cm³/mol. The first-order chi connectivity index (χ1) is 12.1. The number of carbonyl (C=O) groups excluding carboxylic acids is 1. The van der Waals surface area contributed by atoms with Crippen LogP contribution < -0.4 is 5.32 Å². The molecule has 0 saturated carbocycles. The SMILES string of the molecule is O=C(Nc1ccccc1)c1c(Sc2ccccc2)cccc1[N+](=O)[O-]. The van der Waals surface area contributed by atoms with Crippen molar-refractivity contribution in [2.75, 3.05) is 5.32 Å². The van der Waals surface area contributed by atoms with Crippen molar-refractivity contribution >= 4 is 29.0 Å². The fourth-order valence-corrected chi connectivity index (χ4v) is 3.31. The Labute approximate surface area is 148 Å². The molecule has 0 aromatic heterocycles. The molecule has 1 N–H and O–H groups in total. The highest BCUT2D eigenvalue weighted by Crippen LogP contribution is 2.35. The van der Waals surface area contributed by atoms with Crippen LogP contribution in [-0.4, -0.2) is 10.8 Å². The van der Waals surface area contributed by atoms with Gasteiger partial charge < -0.3 is 5.32 Å². The van der Waals surface area contributed by atoms with Gasteiger partial charge in [-0.2, -0.15) is 0 Å². The van der Waals surface area contributed by atoms with Gasteiger partial charge in [0.2, 0.25) is 0 Å². The van der Waals surface area contributed by atoms with E-state index in [1.54, 1.807) is 36.4 Å². The first-order valence-electron chi connectivity index (χ1n) is 7.52. The van der Waals surface area contributed by atoms with Crippen molar-refractivity contribution in [3.63, 3.8) is 0 Å². The van der Waals surface area contributed by atoms with Gasteiger partial charge in [-0.25, -0.2) is 0 Å². The van der Waals surface area contributed by atoms with Crippen LogP contribution in [0.3, 0.4) is 0 Å². The molecule has 1 amide bonds. The number of hydrogen-bond donors (Lipinski definition) is 1.